The molecule has 0 bridgehead atoms. The summed E-state index contributed by atoms with van der Waals surface area (Å²) in [6, 6.07) is 8.51. The fourth-order valence-corrected chi connectivity index (χ4v) is 2.16. The largest absolute Gasteiger partial charge is 0.302 e. The molecule has 0 atom stereocenters. The van der Waals surface area contributed by atoms with Crippen molar-refractivity contribution >= 4 is 12.0 Å². The summed E-state index contributed by atoms with van der Waals surface area (Å²) >= 11 is 0. The molecule has 1 aliphatic heterocycles. The number of carbonyl (C=O) groups excluding carboxylic acids is 1. The van der Waals surface area contributed by atoms with Crippen LogP contribution in [0.4, 0.5) is 0 Å². The zero-order valence-electron chi connectivity index (χ0n) is 11.9. The lowest BCUT2D eigenvalue weighted by atomic mass is 9.89. The van der Waals surface area contributed by atoms with Crippen molar-refractivity contribution in [3.8, 4) is 0 Å². The van der Waals surface area contributed by atoms with E-state index in [1.54, 1.807) is 0 Å². The standard InChI is InChI=1S/C16H22N2O/c1-4-5-7-12-8-6-9-13(10-12)11-14-16(2,3)15(19)18-17-14/h6,8-11,17H,4-5,7H2,1-3H3,(H,18,19)/b14-11-. The van der Waals surface area contributed by atoms with Gasteiger partial charge in [0, 0.05) is 5.70 Å². The van der Waals surface area contributed by atoms with Crippen LogP contribution in [0.15, 0.2) is 30.0 Å². The smallest absolute Gasteiger partial charge is 0.249 e. The third kappa shape index (κ3) is 2.98. The van der Waals surface area contributed by atoms with Gasteiger partial charge < -0.3 is 5.43 Å². The number of amides is 1. The summed E-state index contributed by atoms with van der Waals surface area (Å²) in [5.74, 6) is 0.0147. The Bertz CT molecular complexity index is 503. The molecule has 2 N–H and O–H groups in total. The first-order valence-electron chi connectivity index (χ1n) is 6.91. The number of benzene rings is 1. The summed E-state index contributed by atoms with van der Waals surface area (Å²) in [5, 5.41) is 0. The maximum Gasteiger partial charge on any atom is 0.249 e. The molecule has 0 radical (unpaired) electrons. The zero-order chi connectivity index (χ0) is 13.9. The number of nitrogens with one attached hydrogen (secondary N) is 2. The minimum atomic E-state index is -0.487. The molecule has 1 amide bonds. The highest BCUT2D eigenvalue weighted by Crippen LogP contribution is 2.29. The second-order valence-electron chi connectivity index (χ2n) is 5.61. The second kappa shape index (κ2) is 5.47. The topological polar surface area (TPSA) is 41.1 Å². The lowest BCUT2D eigenvalue weighted by Gasteiger charge is -2.14. The first kappa shape index (κ1) is 13.7. The number of hydrazine groups is 1. The maximum absolute atomic E-state index is 11.7. The van der Waals surface area contributed by atoms with Crippen LogP contribution in [0.25, 0.3) is 6.08 Å². The Hall–Kier alpha value is -1.77. The lowest BCUT2D eigenvalue weighted by Crippen LogP contribution is -2.28. The van der Waals surface area contributed by atoms with Crippen molar-refractivity contribution in [3.63, 3.8) is 0 Å². The SMILES string of the molecule is CCCCc1cccc(/C=C2\NNC(=O)C2(C)C)c1. The van der Waals surface area contributed by atoms with Crippen molar-refractivity contribution in [1.29, 1.82) is 0 Å². The minimum absolute atomic E-state index is 0.0147. The molecule has 1 heterocycles. The Morgan fingerprint density at radius 1 is 1.26 bits per heavy atom. The average Bonchev–Trinajstić information content (AvgIpc) is 2.64. The van der Waals surface area contributed by atoms with Crippen LogP contribution in [0.3, 0.4) is 0 Å². The number of aryl methyl sites for hydroxylation is 1. The van der Waals surface area contributed by atoms with Crippen LogP contribution >= 0.6 is 0 Å². The van der Waals surface area contributed by atoms with Gasteiger partial charge in [-0.2, -0.15) is 0 Å². The quantitative estimate of drug-likeness (QED) is 0.871. The average molecular weight is 258 g/mol. The predicted molar refractivity (Wildman–Crippen MR) is 78.1 cm³/mol. The van der Waals surface area contributed by atoms with Gasteiger partial charge in [0.2, 0.25) is 5.91 Å². The van der Waals surface area contributed by atoms with E-state index in [0.29, 0.717) is 0 Å². The molecule has 1 aliphatic rings. The van der Waals surface area contributed by atoms with Gasteiger partial charge in [0.05, 0.1) is 5.41 Å². The highest BCUT2D eigenvalue weighted by molar-refractivity contribution is 5.89. The van der Waals surface area contributed by atoms with Crippen LogP contribution in [0.2, 0.25) is 0 Å². The Labute approximate surface area is 115 Å². The first-order chi connectivity index (χ1) is 9.04. The van der Waals surface area contributed by atoms with Crippen molar-refractivity contribution in [1.82, 2.24) is 10.9 Å². The second-order valence-corrected chi connectivity index (χ2v) is 5.61. The Kier molecular flexibility index (Phi) is 3.93. The molecule has 0 unspecified atom stereocenters. The molecule has 0 spiro atoms. The van der Waals surface area contributed by atoms with Gasteiger partial charge in [-0.3, -0.25) is 10.2 Å². The van der Waals surface area contributed by atoms with E-state index in [0.717, 1.165) is 17.7 Å². The van der Waals surface area contributed by atoms with Gasteiger partial charge in [-0.05, 0) is 43.9 Å². The van der Waals surface area contributed by atoms with Crippen molar-refractivity contribution in [2.24, 2.45) is 5.41 Å². The van der Waals surface area contributed by atoms with E-state index in [-0.39, 0.29) is 5.91 Å². The Balaban J connectivity index is 2.21. The Morgan fingerprint density at radius 3 is 2.68 bits per heavy atom. The third-order valence-corrected chi connectivity index (χ3v) is 3.63. The third-order valence-electron chi connectivity index (χ3n) is 3.63. The number of carbonyl (C=O) groups is 1. The highest BCUT2D eigenvalue weighted by atomic mass is 16.2. The van der Waals surface area contributed by atoms with Gasteiger partial charge >= 0.3 is 0 Å². The van der Waals surface area contributed by atoms with E-state index in [1.807, 2.05) is 19.9 Å². The maximum atomic E-state index is 11.7. The summed E-state index contributed by atoms with van der Waals surface area (Å²) in [6.45, 7) is 6.05. The number of hydrogen-bond donors (Lipinski definition) is 2. The summed E-state index contributed by atoms with van der Waals surface area (Å²) in [6.07, 6.45) is 5.58. The minimum Gasteiger partial charge on any atom is -0.302 e. The van der Waals surface area contributed by atoms with Crippen LogP contribution in [0.1, 0.15) is 44.7 Å². The normalized spacial score (nSPS) is 19.3. The molecule has 0 saturated carbocycles. The van der Waals surface area contributed by atoms with Crippen molar-refractivity contribution in [3.05, 3.63) is 41.1 Å². The van der Waals surface area contributed by atoms with Gasteiger partial charge in [-0.15, -0.1) is 0 Å². The molecular formula is C16H22N2O. The molecule has 1 fully saturated rings. The fourth-order valence-electron chi connectivity index (χ4n) is 2.16. The van der Waals surface area contributed by atoms with E-state index >= 15 is 0 Å². The van der Waals surface area contributed by atoms with E-state index < -0.39 is 5.41 Å². The lowest BCUT2D eigenvalue weighted by molar-refractivity contribution is -0.125. The molecule has 1 aromatic carbocycles. The molecule has 3 heteroatoms. The molecule has 1 saturated heterocycles. The number of rotatable bonds is 4. The van der Waals surface area contributed by atoms with Gasteiger partial charge in [-0.25, -0.2) is 0 Å². The van der Waals surface area contributed by atoms with Crippen LogP contribution in [-0.2, 0) is 11.2 Å². The molecular weight excluding hydrogens is 236 g/mol. The molecule has 0 aliphatic carbocycles. The van der Waals surface area contributed by atoms with Gasteiger partial charge in [0.25, 0.3) is 0 Å². The summed E-state index contributed by atoms with van der Waals surface area (Å²) < 4.78 is 0. The summed E-state index contributed by atoms with van der Waals surface area (Å²) in [7, 11) is 0. The van der Waals surface area contributed by atoms with E-state index in [4.69, 9.17) is 0 Å². The highest BCUT2D eigenvalue weighted by Gasteiger charge is 2.37. The van der Waals surface area contributed by atoms with Crippen LogP contribution in [0.5, 0.6) is 0 Å². The first-order valence-corrected chi connectivity index (χ1v) is 6.91. The monoisotopic (exact) mass is 258 g/mol. The van der Waals surface area contributed by atoms with Crippen LogP contribution < -0.4 is 10.9 Å². The van der Waals surface area contributed by atoms with E-state index in [2.05, 4.69) is 42.0 Å². The molecule has 102 valence electrons. The fraction of sp³-hybridized carbons (Fsp3) is 0.438. The summed E-state index contributed by atoms with van der Waals surface area (Å²) in [4.78, 5) is 11.7. The zero-order valence-corrected chi connectivity index (χ0v) is 11.9. The van der Waals surface area contributed by atoms with Crippen LogP contribution in [0, 0.1) is 5.41 Å². The number of unbranched alkanes of at least 4 members (excludes halogenated alkanes) is 1. The molecule has 2 rings (SSSR count). The predicted octanol–water partition coefficient (Wildman–Crippen LogP) is 3.03. The number of hydrogen-bond acceptors (Lipinski definition) is 2. The summed E-state index contributed by atoms with van der Waals surface area (Å²) in [5.41, 5.74) is 8.57. The molecule has 0 aromatic heterocycles. The van der Waals surface area contributed by atoms with Gasteiger partial charge in [0.15, 0.2) is 0 Å². The van der Waals surface area contributed by atoms with Gasteiger partial charge in [0.1, 0.15) is 0 Å². The van der Waals surface area contributed by atoms with E-state index in [9.17, 15) is 4.79 Å². The van der Waals surface area contributed by atoms with E-state index in [1.165, 1.54) is 18.4 Å². The van der Waals surface area contributed by atoms with Crippen molar-refractivity contribution in [2.45, 2.75) is 40.0 Å². The molecule has 19 heavy (non-hydrogen) atoms. The van der Waals surface area contributed by atoms with Crippen molar-refractivity contribution < 1.29 is 4.79 Å². The molecule has 3 nitrogen and oxygen atoms in total. The van der Waals surface area contributed by atoms with Gasteiger partial charge in [-0.1, -0.05) is 37.6 Å². The van der Waals surface area contributed by atoms with Crippen LogP contribution in [-0.4, -0.2) is 5.91 Å². The molecule has 1 aromatic rings. The van der Waals surface area contributed by atoms with Crippen molar-refractivity contribution in [2.75, 3.05) is 0 Å². The Morgan fingerprint density at radius 2 is 2.05 bits per heavy atom.